The van der Waals surface area contributed by atoms with Gasteiger partial charge < -0.3 is 4.74 Å². The lowest BCUT2D eigenvalue weighted by molar-refractivity contribution is 0.245. The van der Waals surface area contributed by atoms with Crippen molar-refractivity contribution in [3.8, 4) is 5.75 Å². The molecule has 0 N–H and O–H groups in total. The molecular weight excluding hydrogens is 208 g/mol. The largest absolute Gasteiger partial charge is 0.493 e. The van der Waals surface area contributed by atoms with Crippen LogP contribution in [0.5, 0.6) is 5.75 Å². The predicted molar refractivity (Wildman–Crippen MR) is 72.5 cm³/mol. The molecule has 1 aromatic carbocycles. The highest BCUT2D eigenvalue weighted by atomic mass is 16.5. The lowest BCUT2D eigenvalue weighted by atomic mass is 9.87. The van der Waals surface area contributed by atoms with Crippen molar-refractivity contribution in [2.24, 2.45) is 5.92 Å². The molecule has 1 aliphatic carbocycles. The summed E-state index contributed by atoms with van der Waals surface area (Å²) in [6.07, 6.45) is 9.41. The van der Waals surface area contributed by atoms with E-state index in [4.69, 9.17) is 4.74 Å². The van der Waals surface area contributed by atoms with Gasteiger partial charge in [-0.2, -0.15) is 0 Å². The van der Waals surface area contributed by atoms with Gasteiger partial charge in [0.1, 0.15) is 5.75 Å². The molecule has 2 rings (SSSR count). The minimum atomic E-state index is 0.891. The van der Waals surface area contributed by atoms with Crippen LogP contribution in [0, 0.1) is 5.92 Å². The molecule has 1 nitrogen and oxygen atoms in total. The van der Waals surface area contributed by atoms with Crippen molar-refractivity contribution >= 4 is 0 Å². The molecule has 0 heterocycles. The zero-order valence-electron chi connectivity index (χ0n) is 11.0. The van der Waals surface area contributed by atoms with E-state index in [0.717, 1.165) is 24.7 Å². The maximum Gasteiger partial charge on any atom is 0.122 e. The van der Waals surface area contributed by atoms with Gasteiger partial charge in [-0.1, -0.05) is 57.2 Å². The maximum atomic E-state index is 5.93. The third-order valence-corrected chi connectivity index (χ3v) is 3.86. The van der Waals surface area contributed by atoms with Crippen LogP contribution in [0.1, 0.15) is 51.0 Å². The molecular formula is C16H24O. The van der Waals surface area contributed by atoms with E-state index in [2.05, 4.69) is 31.2 Å². The van der Waals surface area contributed by atoms with Gasteiger partial charge in [0.15, 0.2) is 0 Å². The molecule has 0 atom stereocenters. The number of rotatable bonds is 5. The molecule has 1 aliphatic rings. The van der Waals surface area contributed by atoms with Crippen molar-refractivity contribution in [3.63, 3.8) is 0 Å². The SMILES string of the molecule is CCc1ccccc1OCCC1CCCCC1. The normalized spacial score (nSPS) is 17.0. The van der Waals surface area contributed by atoms with E-state index in [1.165, 1.54) is 44.1 Å². The third kappa shape index (κ3) is 3.76. The Morgan fingerprint density at radius 2 is 1.88 bits per heavy atom. The van der Waals surface area contributed by atoms with Gasteiger partial charge in [0.2, 0.25) is 0 Å². The monoisotopic (exact) mass is 232 g/mol. The fourth-order valence-electron chi connectivity index (χ4n) is 2.75. The summed E-state index contributed by atoms with van der Waals surface area (Å²) in [7, 11) is 0. The number of aryl methyl sites for hydroxylation is 1. The molecule has 0 amide bonds. The first-order valence-corrected chi connectivity index (χ1v) is 7.11. The minimum absolute atomic E-state index is 0.891. The molecule has 1 saturated carbocycles. The van der Waals surface area contributed by atoms with Gasteiger partial charge in [-0.3, -0.25) is 0 Å². The lowest BCUT2D eigenvalue weighted by Crippen LogP contribution is -2.11. The number of ether oxygens (including phenoxy) is 1. The van der Waals surface area contributed by atoms with E-state index in [-0.39, 0.29) is 0 Å². The van der Waals surface area contributed by atoms with Crippen LogP contribution in [0.25, 0.3) is 0 Å². The minimum Gasteiger partial charge on any atom is -0.493 e. The molecule has 0 spiro atoms. The van der Waals surface area contributed by atoms with Gasteiger partial charge in [-0.05, 0) is 30.4 Å². The van der Waals surface area contributed by atoms with Gasteiger partial charge in [0, 0.05) is 0 Å². The van der Waals surface area contributed by atoms with Gasteiger partial charge in [0.05, 0.1) is 6.61 Å². The molecule has 1 aromatic rings. The summed E-state index contributed by atoms with van der Waals surface area (Å²) in [5, 5.41) is 0. The molecule has 0 radical (unpaired) electrons. The number of benzene rings is 1. The Hall–Kier alpha value is -0.980. The van der Waals surface area contributed by atoms with Gasteiger partial charge in [-0.25, -0.2) is 0 Å². The molecule has 0 bridgehead atoms. The van der Waals surface area contributed by atoms with Crippen molar-refractivity contribution in [3.05, 3.63) is 29.8 Å². The predicted octanol–water partition coefficient (Wildman–Crippen LogP) is 4.60. The smallest absolute Gasteiger partial charge is 0.122 e. The highest BCUT2D eigenvalue weighted by Crippen LogP contribution is 2.27. The second-order valence-electron chi connectivity index (χ2n) is 5.10. The van der Waals surface area contributed by atoms with Crippen molar-refractivity contribution in [2.75, 3.05) is 6.61 Å². The fraction of sp³-hybridized carbons (Fsp3) is 0.625. The Kier molecular flexibility index (Phi) is 4.90. The molecule has 0 aliphatic heterocycles. The highest BCUT2D eigenvalue weighted by Gasteiger charge is 2.13. The van der Waals surface area contributed by atoms with Crippen LogP contribution in [0.15, 0.2) is 24.3 Å². The van der Waals surface area contributed by atoms with Crippen molar-refractivity contribution in [2.45, 2.75) is 51.9 Å². The first-order valence-electron chi connectivity index (χ1n) is 7.11. The van der Waals surface area contributed by atoms with Crippen LogP contribution in [-0.2, 0) is 6.42 Å². The number of hydrogen-bond acceptors (Lipinski definition) is 1. The Morgan fingerprint density at radius 1 is 1.12 bits per heavy atom. The summed E-state index contributed by atoms with van der Waals surface area (Å²) in [6, 6.07) is 8.41. The van der Waals surface area contributed by atoms with E-state index in [9.17, 15) is 0 Å². The zero-order chi connectivity index (χ0) is 11.9. The Bertz CT molecular complexity index is 326. The highest BCUT2D eigenvalue weighted by molar-refractivity contribution is 5.33. The molecule has 1 fully saturated rings. The average Bonchev–Trinajstić information content (AvgIpc) is 2.40. The van der Waals surface area contributed by atoms with E-state index in [1.807, 2.05) is 0 Å². The van der Waals surface area contributed by atoms with E-state index < -0.39 is 0 Å². The van der Waals surface area contributed by atoms with Crippen LogP contribution >= 0.6 is 0 Å². The summed E-state index contributed by atoms with van der Waals surface area (Å²) in [5.74, 6) is 2.00. The lowest BCUT2D eigenvalue weighted by Gasteiger charge is -2.21. The summed E-state index contributed by atoms with van der Waals surface area (Å²) >= 11 is 0. The van der Waals surface area contributed by atoms with E-state index >= 15 is 0 Å². The first-order chi connectivity index (χ1) is 8.40. The van der Waals surface area contributed by atoms with Crippen LogP contribution in [0.2, 0.25) is 0 Å². The average molecular weight is 232 g/mol. The van der Waals surface area contributed by atoms with Crippen LogP contribution in [-0.4, -0.2) is 6.61 Å². The van der Waals surface area contributed by atoms with E-state index in [1.54, 1.807) is 0 Å². The van der Waals surface area contributed by atoms with Crippen LogP contribution < -0.4 is 4.74 Å². The first kappa shape index (κ1) is 12.5. The second-order valence-corrected chi connectivity index (χ2v) is 5.10. The van der Waals surface area contributed by atoms with Crippen molar-refractivity contribution in [1.82, 2.24) is 0 Å². The molecule has 0 aromatic heterocycles. The molecule has 0 saturated heterocycles. The van der Waals surface area contributed by atoms with Crippen molar-refractivity contribution in [1.29, 1.82) is 0 Å². The van der Waals surface area contributed by atoms with E-state index in [0.29, 0.717) is 0 Å². The van der Waals surface area contributed by atoms with Crippen molar-refractivity contribution < 1.29 is 4.74 Å². The summed E-state index contributed by atoms with van der Waals surface area (Å²) < 4.78 is 5.93. The standard InChI is InChI=1S/C16H24O/c1-2-15-10-6-7-11-16(15)17-13-12-14-8-4-3-5-9-14/h6-7,10-11,14H,2-5,8-9,12-13H2,1H3. The van der Waals surface area contributed by atoms with Crippen LogP contribution in [0.4, 0.5) is 0 Å². The Labute approximate surface area is 105 Å². The molecule has 1 heteroatoms. The molecule has 17 heavy (non-hydrogen) atoms. The quantitative estimate of drug-likeness (QED) is 0.721. The number of para-hydroxylation sites is 1. The molecule has 94 valence electrons. The van der Waals surface area contributed by atoms with Crippen LogP contribution in [0.3, 0.4) is 0 Å². The molecule has 0 unspecified atom stereocenters. The van der Waals surface area contributed by atoms with Gasteiger partial charge >= 0.3 is 0 Å². The zero-order valence-corrected chi connectivity index (χ0v) is 11.0. The summed E-state index contributed by atoms with van der Waals surface area (Å²) in [4.78, 5) is 0. The topological polar surface area (TPSA) is 9.23 Å². The summed E-state index contributed by atoms with van der Waals surface area (Å²) in [6.45, 7) is 3.07. The fourth-order valence-corrected chi connectivity index (χ4v) is 2.75. The Balaban J connectivity index is 1.77. The maximum absolute atomic E-state index is 5.93. The summed E-state index contributed by atoms with van der Waals surface area (Å²) in [5.41, 5.74) is 1.33. The number of hydrogen-bond donors (Lipinski definition) is 0. The third-order valence-electron chi connectivity index (χ3n) is 3.86. The Morgan fingerprint density at radius 3 is 2.65 bits per heavy atom. The second kappa shape index (κ2) is 6.68. The van der Waals surface area contributed by atoms with Gasteiger partial charge in [0.25, 0.3) is 0 Å². The van der Waals surface area contributed by atoms with Gasteiger partial charge in [-0.15, -0.1) is 0 Å².